The van der Waals surface area contributed by atoms with E-state index in [9.17, 15) is 24.3 Å². The van der Waals surface area contributed by atoms with Crippen LogP contribution in [-0.2, 0) is 30.6 Å². The lowest BCUT2D eigenvalue weighted by Crippen LogP contribution is -2.71. The van der Waals surface area contributed by atoms with Crippen LogP contribution in [0, 0.1) is 0 Å². The van der Waals surface area contributed by atoms with Gasteiger partial charge in [-0.25, -0.2) is 19.1 Å². The molecule has 3 aliphatic rings. The summed E-state index contributed by atoms with van der Waals surface area (Å²) >= 11 is 8.33. The Morgan fingerprint density at radius 1 is 1.34 bits per heavy atom. The largest absolute Gasteiger partial charge is 0.478 e. The molecule has 2 aromatic rings. The number of nitrogen functional groups attached to an aromatic ring is 1. The third-order valence-corrected chi connectivity index (χ3v) is 9.63. The Labute approximate surface area is 264 Å². The lowest BCUT2D eigenvalue weighted by Gasteiger charge is -2.49. The Balaban J connectivity index is 1.28. The van der Waals surface area contributed by atoms with Gasteiger partial charge in [0.05, 0.1) is 0 Å². The van der Waals surface area contributed by atoms with Crippen LogP contribution in [0.4, 0.5) is 10.8 Å². The van der Waals surface area contributed by atoms with Gasteiger partial charge in [-0.15, -0.1) is 11.8 Å². The summed E-state index contributed by atoms with van der Waals surface area (Å²) in [5.74, 6) is -3.83. The molecular formula is C26H30ClN8O7S2+. The normalized spacial score (nSPS) is 22.2. The van der Waals surface area contributed by atoms with E-state index >= 15 is 0 Å². The predicted octanol–water partition coefficient (Wildman–Crippen LogP) is 0.463. The number of hydrogen-bond acceptors (Lipinski definition) is 12. The van der Waals surface area contributed by atoms with Crippen LogP contribution in [0.25, 0.3) is 0 Å². The average Bonchev–Trinajstić information content (AvgIpc) is 3.63. The van der Waals surface area contributed by atoms with Gasteiger partial charge in [0.2, 0.25) is 6.10 Å². The van der Waals surface area contributed by atoms with Crippen molar-refractivity contribution in [2.24, 2.45) is 5.16 Å². The summed E-state index contributed by atoms with van der Waals surface area (Å²) in [6.45, 7) is 3.31. The van der Waals surface area contributed by atoms with Crippen molar-refractivity contribution in [2.45, 2.75) is 49.9 Å². The number of carbonyl (C=O) groups is 4. The van der Waals surface area contributed by atoms with Gasteiger partial charge >= 0.3 is 11.9 Å². The minimum atomic E-state index is -1.40. The summed E-state index contributed by atoms with van der Waals surface area (Å²) in [7, 11) is 0. The van der Waals surface area contributed by atoms with Gasteiger partial charge in [-0.3, -0.25) is 14.5 Å². The number of carbonyl (C=O) groups excluding carboxylic acids is 2. The summed E-state index contributed by atoms with van der Waals surface area (Å²) in [5.41, 5.74) is 6.43. The molecule has 4 atom stereocenters. The van der Waals surface area contributed by atoms with Crippen molar-refractivity contribution < 1.29 is 38.8 Å². The number of aliphatic carboxylic acids is 2. The number of nitrogens with zero attached hydrogens (tertiary/aromatic N) is 4. The molecule has 0 saturated carbocycles. The van der Waals surface area contributed by atoms with Crippen molar-refractivity contribution in [1.82, 2.24) is 20.5 Å². The van der Waals surface area contributed by atoms with Crippen LogP contribution in [0.15, 0.2) is 41.0 Å². The number of halogens is 1. The molecule has 7 N–H and O–H groups in total. The lowest BCUT2D eigenvalue weighted by atomic mass is 10.0. The van der Waals surface area contributed by atoms with Crippen LogP contribution < -0.4 is 26.3 Å². The molecule has 5 rings (SSSR count). The van der Waals surface area contributed by atoms with E-state index in [0.29, 0.717) is 17.4 Å². The van der Waals surface area contributed by atoms with Gasteiger partial charge in [0.15, 0.2) is 29.8 Å². The van der Waals surface area contributed by atoms with E-state index in [2.05, 4.69) is 26.1 Å². The van der Waals surface area contributed by atoms with Crippen LogP contribution in [0.1, 0.15) is 25.5 Å². The van der Waals surface area contributed by atoms with E-state index in [1.165, 1.54) is 25.1 Å². The quantitative estimate of drug-likeness (QED) is 0.0790. The smallest absolute Gasteiger partial charge is 0.352 e. The Kier molecular flexibility index (Phi) is 9.57. The number of anilines is 2. The highest BCUT2D eigenvalue weighted by Gasteiger charge is 2.55. The minimum absolute atomic E-state index is 0.00413. The van der Waals surface area contributed by atoms with Crippen LogP contribution in [-0.4, -0.2) is 92.0 Å². The molecule has 2 fully saturated rings. The Morgan fingerprint density at radius 2 is 2.09 bits per heavy atom. The zero-order valence-electron chi connectivity index (χ0n) is 23.4. The summed E-state index contributed by atoms with van der Waals surface area (Å²) in [6, 6.07) is 3.18. The molecule has 0 radical (unpaired) electrons. The second-order valence-corrected chi connectivity index (χ2v) is 13.0. The molecule has 2 aromatic heterocycles. The lowest BCUT2D eigenvalue weighted by molar-refractivity contribution is -0.688. The number of thioether (sulfide) groups is 1. The second kappa shape index (κ2) is 13.4. The van der Waals surface area contributed by atoms with Gasteiger partial charge in [-0.05, 0) is 26.3 Å². The highest BCUT2D eigenvalue weighted by Crippen LogP contribution is 2.40. The van der Waals surface area contributed by atoms with Crippen molar-refractivity contribution >= 4 is 75.0 Å². The van der Waals surface area contributed by atoms with E-state index in [1.54, 1.807) is 0 Å². The van der Waals surface area contributed by atoms with Crippen molar-refractivity contribution in [3.05, 3.63) is 45.8 Å². The second-order valence-electron chi connectivity index (χ2n) is 10.3. The van der Waals surface area contributed by atoms with E-state index in [-0.39, 0.29) is 27.4 Å². The molecular weight excluding hydrogens is 636 g/mol. The van der Waals surface area contributed by atoms with E-state index < -0.39 is 47.0 Å². The minimum Gasteiger partial charge on any atom is -0.478 e. The first-order valence-electron chi connectivity index (χ1n) is 13.6. The monoisotopic (exact) mass is 665 g/mol. The van der Waals surface area contributed by atoms with Crippen molar-refractivity contribution in [3.8, 4) is 0 Å². The fraction of sp³-hybridized carbons (Fsp3) is 0.423. The van der Waals surface area contributed by atoms with E-state index in [0.717, 1.165) is 41.4 Å². The number of amides is 2. The number of nitrogens with one attached hydrogen (secondary N) is 3. The maximum absolute atomic E-state index is 13.3. The average molecular weight is 666 g/mol. The number of carboxylic acids is 2. The molecule has 44 heavy (non-hydrogen) atoms. The molecule has 0 aliphatic carbocycles. The number of thiazole rings is 1. The van der Waals surface area contributed by atoms with Gasteiger partial charge in [-0.2, -0.15) is 0 Å². The molecule has 18 heteroatoms. The first kappa shape index (κ1) is 31.5. The number of aromatic nitrogens is 2. The van der Waals surface area contributed by atoms with E-state index in [1.807, 2.05) is 29.1 Å². The summed E-state index contributed by atoms with van der Waals surface area (Å²) in [6.07, 6.45) is 4.60. The summed E-state index contributed by atoms with van der Waals surface area (Å²) in [5, 5.41) is 31.5. The topological polar surface area (TPSA) is 212 Å². The predicted molar refractivity (Wildman–Crippen MR) is 162 cm³/mol. The Morgan fingerprint density at radius 3 is 2.70 bits per heavy atom. The van der Waals surface area contributed by atoms with Gasteiger partial charge < -0.3 is 36.7 Å². The number of carboxylic acid groups (broad SMARTS) is 2. The molecule has 15 nitrogen and oxygen atoms in total. The summed E-state index contributed by atoms with van der Waals surface area (Å²) in [4.78, 5) is 60.1. The number of oxime groups is 1. The maximum Gasteiger partial charge on any atom is 0.352 e. The number of pyridine rings is 1. The molecule has 0 bridgehead atoms. The number of β-lactam (4-membered cyclic amide) rings is 1. The number of rotatable bonds is 12. The van der Waals surface area contributed by atoms with E-state index in [4.69, 9.17) is 27.3 Å². The molecule has 0 aromatic carbocycles. The van der Waals surface area contributed by atoms with Gasteiger partial charge in [0.1, 0.15) is 27.1 Å². The van der Waals surface area contributed by atoms with Crippen LogP contribution >= 0.6 is 34.7 Å². The third-order valence-electron chi connectivity index (χ3n) is 7.21. The standard InChI is InChI=1S/C26H29ClN8O7S2/c1-12(24(38)39)42-33-17(16-20(27)44-26(28)32-16)21(36)31-18-22(37)35-19(25(40)41)13(11-43-23(18)35)10-34-7-4-14(5-8-34)30-9-15-3-2-6-29-15/h4-5,7-8,12,15,18,23,29H,2-3,6,9-11H2,1H3,(H5,28,31,32,36,38,39,40,41)/p+1/t12-,15-,18+,23+/m0/s1. The zero-order chi connectivity index (χ0) is 31.5. The van der Waals surface area contributed by atoms with Crippen molar-refractivity contribution in [1.29, 1.82) is 0 Å². The van der Waals surface area contributed by atoms with Crippen molar-refractivity contribution in [2.75, 3.05) is 29.9 Å². The fourth-order valence-electron chi connectivity index (χ4n) is 4.92. The van der Waals surface area contributed by atoms with Crippen LogP contribution in [0.3, 0.4) is 0 Å². The van der Waals surface area contributed by atoms with Crippen LogP contribution in [0.2, 0.25) is 4.34 Å². The fourth-order valence-corrected chi connectivity index (χ4v) is 7.18. The highest BCUT2D eigenvalue weighted by molar-refractivity contribution is 8.00. The van der Waals surface area contributed by atoms with Gasteiger partial charge in [0.25, 0.3) is 11.8 Å². The number of hydrogen-bond donors (Lipinski definition) is 6. The molecule has 234 valence electrons. The van der Waals surface area contributed by atoms with Gasteiger partial charge in [0, 0.05) is 41.7 Å². The first-order chi connectivity index (χ1) is 21.0. The zero-order valence-corrected chi connectivity index (χ0v) is 25.7. The third kappa shape index (κ3) is 6.74. The van der Waals surface area contributed by atoms with Crippen molar-refractivity contribution in [3.63, 3.8) is 0 Å². The molecule has 3 aliphatic heterocycles. The van der Waals surface area contributed by atoms with Crippen LogP contribution in [0.5, 0.6) is 0 Å². The molecule has 0 unspecified atom stereocenters. The number of fused-ring (bicyclic) bond motifs is 1. The Bertz CT molecular complexity index is 1530. The SMILES string of the molecule is C[C@H](ON=C(C(=O)N[C@@H]1C(=O)N2C(C(=O)O)=C(C[n+]3ccc(NC[C@@H]4CCCN4)cc3)CS[C@H]12)c1nc(N)sc1Cl)C(=O)O. The highest BCUT2D eigenvalue weighted by atomic mass is 35.5. The molecule has 2 saturated heterocycles. The Hall–Kier alpha value is -3.93. The maximum atomic E-state index is 13.3. The van der Waals surface area contributed by atoms with Gasteiger partial charge in [-0.1, -0.05) is 28.1 Å². The molecule has 2 amide bonds. The first-order valence-corrected chi connectivity index (χ1v) is 15.8. The molecule has 5 heterocycles. The number of nitrogens with two attached hydrogens (primary N) is 1. The molecule has 0 spiro atoms. The summed E-state index contributed by atoms with van der Waals surface area (Å²) < 4.78 is 1.84.